The quantitative estimate of drug-likeness (QED) is 0.419. The van der Waals surface area contributed by atoms with Gasteiger partial charge in [0.1, 0.15) is 0 Å². The number of nitrogens with zero attached hydrogens (tertiary/aromatic N) is 2. The van der Waals surface area contributed by atoms with Crippen molar-refractivity contribution in [3.05, 3.63) is 60.2 Å². The molecular weight excluding hydrogens is 561 g/mol. The van der Waals surface area contributed by atoms with E-state index in [1.54, 1.807) is 0 Å². The van der Waals surface area contributed by atoms with Gasteiger partial charge in [0, 0.05) is 66.5 Å². The second kappa shape index (κ2) is 11.0. The van der Waals surface area contributed by atoms with E-state index >= 15 is 0 Å². The maximum Gasteiger partial charge on any atom is 0.319 e. The zero-order valence-corrected chi connectivity index (χ0v) is 18.5. The van der Waals surface area contributed by atoms with Crippen molar-refractivity contribution in [2.75, 3.05) is 36.4 Å². The molecule has 0 aromatic heterocycles. The van der Waals surface area contributed by atoms with Crippen molar-refractivity contribution >= 4 is 42.7 Å². The molecule has 0 atom stereocenters. The van der Waals surface area contributed by atoms with Gasteiger partial charge in [-0.05, 0) is 29.8 Å². The molecule has 2 aromatic rings. The Morgan fingerprint density at radius 3 is 2.19 bits per heavy atom. The van der Waals surface area contributed by atoms with Crippen molar-refractivity contribution in [2.24, 2.45) is 0 Å². The Morgan fingerprint density at radius 2 is 1.59 bits per heavy atom. The molecule has 1 saturated heterocycles. The van der Waals surface area contributed by atoms with Crippen LogP contribution < -0.4 is 15.5 Å². The maximum atomic E-state index is 12.0. The van der Waals surface area contributed by atoms with Crippen LogP contribution in [0.5, 0.6) is 0 Å². The number of urea groups is 1. The fraction of sp³-hybridized carbons (Fsp3) is 0.316. The molecule has 149 valence electrons. The van der Waals surface area contributed by atoms with Gasteiger partial charge >= 0.3 is 6.03 Å². The molecule has 27 heavy (non-hydrogen) atoms. The Balaban J connectivity index is 0.00000261. The summed E-state index contributed by atoms with van der Waals surface area (Å²) in [5.74, 6) is 0. The summed E-state index contributed by atoms with van der Waals surface area (Å²) in [6.07, 6.45) is 0. The van der Waals surface area contributed by atoms with Gasteiger partial charge in [-0.1, -0.05) is 30.3 Å². The topological polar surface area (TPSA) is 47.6 Å². The molecule has 0 bridgehead atoms. The number of anilines is 2. The van der Waals surface area contributed by atoms with E-state index in [4.69, 9.17) is 25.3 Å². The second-order valence-electron chi connectivity index (χ2n) is 6.17. The molecule has 5 nitrogen and oxygen atoms in total. The van der Waals surface area contributed by atoms with E-state index in [1.165, 1.54) is 0 Å². The van der Waals surface area contributed by atoms with Crippen LogP contribution in [0.3, 0.4) is 0 Å². The van der Waals surface area contributed by atoms with Gasteiger partial charge in [-0.3, -0.25) is 0 Å². The van der Waals surface area contributed by atoms with Crippen LogP contribution >= 0.6 is 0 Å². The molecule has 3 rings (SSSR count). The molecular formula is C19H22AuN4OS2-2. The number of nitrogens with one attached hydrogen (secondary N) is 2. The summed E-state index contributed by atoms with van der Waals surface area (Å²) in [7, 11) is 0. The van der Waals surface area contributed by atoms with Crippen molar-refractivity contribution in [1.82, 2.24) is 10.2 Å². The van der Waals surface area contributed by atoms with Crippen molar-refractivity contribution in [3.63, 3.8) is 0 Å². The Morgan fingerprint density at radius 1 is 0.963 bits per heavy atom. The number of piperazine rings is 1. The Hall–Kier alpha value is -1.09. The summed E-state index contributed by atoms with van der Waals surface area (Å²) in [5, 5.41) is 5.72. The number of benzene rings is 2. The Kier molecular flexibility index (Phi) is 9.08. The number of carbonyl (C=O) groups is 1. The van der Waals surface area contributed by atoms with Gasteiger partial charge in [0.25, 0.3) is 0 Å². The van der Waals surface area contributed by atoms with Gasteiger partial charge in [0.05, 0.1) is 0 Å². The minimum absolute atomic E-state index is 0. The molecule has 0 spiro atoms. The third-order valence-electron chi connectivity index (χ3n) is 4.40. The number of carbonyl (C=O) groups excluding carboxylic acids is 1. The Bertz CT molecular complexity index is 707. The molecule has 1 radical (unpaired) electrons. The maximum absolute atomic E-state index is 12.0. The zero-order chi connectivity index (χ0) is 18.4. The number of hydrogen-bond donors (Lipinski definition) is 2. The number of rotatable bonds is 5. The van der Waals surface area contributed by atoms with Crippen LogP contribution in [0.1, 0.15) is 5.56 Å². The van der Waals surface area contributed by atoms with Crippen LogP contribution in [-0.2, 0) is 54.2 Å². The van der Waals surface area contributed by atoms with Crippen LogP contribution in [-0.4, -0.2) is 41.8 Å². The molecule has 2 N–H and O–H groups in total. The third-order valence-corrected chi connectivity index (χ3v) is 4.99. The molecule has 1 aliphatic rings. The van der Waals surface area contributed by atoms with Crippen molar-refractivity contribution < 1.29 is 27.2 Å². The molecule has 2 aromatic carbocycles. The van der Waals surface area contributed by atoms with E-state index < -0.39 is 0 Å². The second-order valence-corrected chi connectivity index (χ2v) is 7.36. The summed E-state index contributed by atoms with van der Waals surface area (Å²) < 4.78 is -0.224. The smallest absolute Gasteiger partial charge is 0.319 e. The van der Waals surface area contributed by atoms with E-state index in [1.807, 2.05) is 54.6 Å². The van der Waals surface area contributed by atoms with Crippen LogP contribution in [0.25, 0.3) is 0 Å². The predicted octanol–water partition coefficient (Wildman–Crippen LogP) is 2.51. The van der Waals surface area contributed by atoms with E-state index in [0.717, 1.165) is 43.1 Å². The Labute approximate surface area is 187 Å². The van der Waals surface area contributed by atoms with Gasteiger partial charge in [-0.15, -0.1) is 0 Å². The SMILES string of the molecule is O=C(NCc1ccccc1)Nc1ccc(N2CCN(C([S-])[S-])CC2)cc1.[Au]. The summed E-state index contributed by atoms with van der Waals surface area (Å²) in [6.45, 7) is 4.10. The summed E-state index contributed by atoms with van der Waals surface area (Å²) in [6, 6.07) is 17.5. The number of hydrogen-bond acceptors (Lipinski definition) is 5. The first-order valence-corrected chi connectivity index (χ1v) is 9.55. The summed E-state index contributed by atoms with van der Waals surface area (Å²) in [5.41, 5.74) is 2.98. The molecule has 2 amide bonds. The minimum atomic E-state index is -0.224. The fourth-order valence-corrected chi connectivity index (χ4v) is 3.32. The van der Waals surface area contributed by atoms with Crippen molar-refractivity contribution in [2.45, 2.75) is 11.3 Å². The molecule has 0 aliphatic carbocycles. The molecule has 0 saturated carbocycles. The predicted molar refractivity (Wildman–Crippen MR) is 111 cm³/mol. The number of amides is 2. The molecule has 1 heterocycles. The van der Waals surface area contributed by atoms with Crippen LogP contribution in [0.15, 0.2) is 54.6 Å². The first-order chi connectivity index (χ1) is 12.6. The van der Waals surface area contributed by atoms with Crippen LogP contribution in [0.4, 0.5) is 16.2 Å². The molecule has 1 fully saturated rings. The van der Waals surface area contributed by atoms with Crippen molar-refractivity contribution in [3.8, 4) is 0 Å². The van der Waals surface area contributed by atoms with Gasteiger partial charge < -0.3 is 45.7 Å². The minimum Gasteiger partial charge on any atom is -0.800 e. The normalized spacial score (nSPS) is 14.6. The molecule has 8 heteroatoms. The fourth-order valence-electron chi connectivity index (χ4n) is 2.90. The van der Waals surface area contributed by atoms with Gasteiger partial charge in [0.2, 0.25) is 0 Å². The van der Waals surface area contributed by atoms with E-state index in [9.17, 15) is 4.79 Å². The van der Waals surface area contributed by atoms with Gasteiger partial charge in [-0.2, -0.15) is 0 Å². The average Bonchev–Trinajstić information content (AvgIpc) is 2.68. The average molecular weight is 584 g/mol. The van der Waals surface area contributed by atoms with Crippen LogP contribution in [0.2, 0.25) is 0 Å². The summed E-state index contributed by atoms with van der Waals surface area (Å²) >= 11 is 10.3. The van der Waals surface area contributed by atoms with E-state index in [2.05, 4.69) is 20.4 Å². The first-order valence-electron chi connectivity index (χ1n) is 8.61. The zero-order valence-electron chi connectivity index (χ0n) is 14.7. The van der Waals surface area contributed by atoms with Gasteiger partial charge in [0.15, 0.2) is 0 Å². The van der Waals surface area contributed by atoms with E-state index in [0.29, 0.717) is 6.54 Å². The monoisotopic (exact) mass is 583 g/mol. The first kappa shape index (κ1) is 22.2. The molecule has 0 unspecified atom stereocenters. The standard InChI is InChI=1S/C19H24N4OS2.Au/c24-18(20-14-15-4-2-1-3-5-15)21-16-6-8-17(9-7-16)22-10-12-23(13-11-22)19(25)26;/h1-9,19,25-26H,10-14H2,(H2,20,21,24);/p-2. The van der Waals surface area contributed by atoms with Crippen molar-refractivity contribution in [1.29, 1.82) is 0 Å². The van der Waals surface area contributed by atoms with Gasteiger partial charge in [-0.25, -0.2) is 9.50 Å². The van der Waals surface area contributed by atoms with Crippen LogP contribution in [0, 0.1) is 0 Å². The summed E-state index contributed by atoms with van der Waals surface area (Å²) in [4.78, 5) is 16.5. The largest absolute Gasteiger partial charge is 0.800 e. The third kappa shape index (κ3) is 6.78. The van der Waals surface area contributed by atoms with E-state index in [-0.39, 0.29) is 33.1 Å². The molecule has 1 aliphatic heterocycles.